The molecule has 0 bridgehead atoms. The predicted octanol–water partition coefficient (Wildman–Crippen LogP) is 0.741. The summed E-state index contributed by atoms with van der Waals surface area (Å²) in [5.41, 5.74) is 0.135. The van der Waals surface area contributed by atoms with Crippen molar-refractivity contribution in [2.24, 2.45) is 0 Å². The van der Waals surface area contributed by atoms with Crippen LogP contribution in [0.1, 0.15) is 26.3 Å². The van der Waals surface area contributed by atoms with Crippen LogP contribution in [0.3, 0.4) is 0 Å². The maximum atomic E-state index is 11.4. The van der Waals surface area contributed by atoms with Gasteiger partial charge in [-0.2, -0.15) is 8.42 Å². The van der Waals surface area contributed by atoms with E-state index in [4.69, 9.17) is 4.55 Å². The summed E-state index contributed by atoms with van der Waals surface area (Å²) in [6.45, 7) is 1.42. The highest BCUT2D eigenvalue weighted by molar-refractivity contribution is 7.81. The lowest BCUT2D eigenvalue weighted by atomic mass is 10.0. The van der Waals surface area contributed by atoms with Gasteiger partial charge in [0.1, 0.15) is 0 Å². The standard InChI is InChI=1S/C10H10O7S/c1-6-7(9(11)16-2)4-3-5-8(6)10(12)17-18(13,14)15/h3-5H,1-2H3,(H,13,14,15). The summed E-state index contributed by atoms with van der Waals surface area (Å²) >= 11 is 0. The zero-order valence-corrected chi connectivity index (χ0v) is 10.4. The van der Waals surface area contributed by atoms with Gasteiger partial charge in [0.05, 0.1) is 18.2 Å². The van der Waals surface area contributed by atoms with Crippen LogP contribution in [0.25, 0.3) is 0 Å². The summed E-state index contributed by atoms with van der Waals surface area (Å²) in [6, 6.07) is 4.03. The van der Waals surface area contributed by atoms with Crippen molar-refractivity contribution < 1.29 is 31.5 Å². The molecule has 0 aliphatic carbocycles. The summed E-state index contributed by atoms with van der Waals surface area (Å²) in [6.07, 6.45) is 0. The second-order valence-electron chi connectivity index (χ2n) is 3.27. The van der Waals surface area contributed by atoms with Crippen LogP contribution < -0.4 is 0 Å². The van der Waals surface area contributed by atoms with E-state index in [0.29, 0.717) is 0 Å². The molecule has 8 heteroatoms. The number of esters is 1. The summed E-state index contributed by atoms with van der Waals surface area (Å²) < 4.78 is 37.6. The number of carbonyl (C=O) groups is 2. The molecule has 0 unspecified atom stereocenters. The lowest BCUT2D eigenvalue weighted by molar-refractivity contribution is 0.0600. The topological polar surface area (TPSA) is 107 Å². The summed E-state index contributed by atoms with van der Waals surface area (Å²) in [7, 11) is -3.72. The molecule has 0 aliphatic rings. The average Bonchev–Trinajstić information content (AvgIpc) is 2.26. The van der Waals surface area contributed by atoms with E-state index in [0.717, 1.165) is 0 Å². The third-order valence-electron chi connectivity index (χ3n) is 2.14. The smallest absolute Gasteiger partial charge is 0.449 e. The molecule has 18 heavy (non-hydrogen) atoms. The molecule has 0 atom stereocenters. The van der Waals surface area contributed by atoms with Gasteiger partial charge in [-0.1, -0.05) is 6.07 Å². The van der Waals surface area contributed by atoms with Crippen LogP contribution in [0, 0.1) is 6.92 Å². The molecule has 98 valence electrons. The van der Waals surface area contributed by atoms with Gasteiger partial charge in [-0.25, -0.2) is 9.59 Å². The van der Waals surface area contributed by atoms with Crippen molar-refractivity contribution in [2.75, 3.05) is 7.11 Å². The lowest BCUT2D eigenvalue weighted by Crippen LogP contribution is -2.15. The van der Waals surface area contributed by atoms with Gasteiger partial charge in [-0.15, -0.1) is 0 Å². The average molecular weight is 274 g/mol. The number of hydrogen-bond acceptors (Lipinski definition) is 6. The molecule has 1 rings (SSSR count). The van der Waals surface area contributed by atoms with Crippen molar-refractivity contribution in [1.82, 2.24) is 0 Å². The van der Waals surface area contributed by atoms with Crippen molar-refractivity contribution in [3.63, 3.8) is 0 Å². The van der Waals surface area contributed by atoms with E-state index in [1.54, 1.807) is 0 Å². The Kier molecular flexibility index (Phi) is 4.04. The van der Waals surface area contributed by atoms with Crippen molar-refractivity contribution in [3.8, 4) is 0 Å². The van der Waals surface area contributed by atoms with Gasteiger partial charge in [0.15, 0.2) is 0 Å². The van der Waals surface area contributed by atoms with Gasteiger partial charge < -0.3 is 8.92 Å². The molecule has 0 saturated carbocycles. The lowest BCUT2D eigenvalue weighted by Gasteiger charge is -2.08. The van der Waals surface area contributed by atoms with Gasteiger partial charge in [-0.3, -0.25) is 4.55 Å². The Morgan fingerprint density at radius 3 is 2.11 bits per heavy atom. The summed E-state index contributed by atoms with van der Waals surface area (Å²) in [4.78, 5) is 22.8. The molecule has 1 aromatic rings. The van der Waals surface area contributed by atoms with E-state index in [1.165, 1.54) is 32.2 Å². The molecule has 0 aliphatic heterocycles. The maximum Gasteiger partial charge on any atom is 0.449 e. The molecule has 0 spiro atoms. The SMILES string of the molecule is COC(=O)c1cccc(C(=O)OS(=O)(=O)O)c1C. The van der Waals surface area contributed by atoms with Gasteiger partial charge in [0.2, 0.25) is 0 Å². The molecule has 0 fully saturated rings. The molecule has 0 saturated heterocycles. The van der Waals surface area contributed by atoms with Crippen LogP contribution in [-0.4, -0.2) is 32.0 Å². The minimum Gasteiger partial charge on any atom is -0.465 e. The highest BCUT2D eigenvalue weighted by Gasteiger charge is 2.21. The Morgan fingerprint density at radius 2 is 1.67 bits per heavy atom. The molecule has 1 N–H and O–H groups in total. The van der Waals surface area contributed by atoms with Crippen molar-refractivity contribution in [2.45, 2.75) is 6.92 Å². The Bertz CT molecular complexity index is 588. The third-order valence-corrected chi connectivity index (χ3v) is 2.50. The van der Waals surface area contributed by atoms with Crippen molar-refractivity contribution in [1.29, 1.82) is 0 Å². The number of hydrogen-bond donors (Lipinski definition) is 1. The van der Waals surface area contributed by atoms with E-state index < -0.39 is 22.3 Å². The first-order chi connectivity index (χ1) is 8.26. The zero-order chi connectivity index (χ0) is 13.9. The van der Waals surface area contributed by atoms with Crippen LogP contribution in [0.15, 0.2) is 18.2 Å². The van der Waals surface area contributed by atoms with Crippen molar-refractivity contribution in [3.05, 3.63) is 34.9 Å². The maximum absolute atomic E-state index is 11.4. The number of methoxy groups -OCH3 is 1. The normalized spacial score (nSPS) is 10.8. The van der Waals surface area contributed by atoms with E-state index in [2.05, 4.69) is 8.92 Å². The Hall–Kier alpha value is -1.93. The zero-order valence-electron chi connectivity index (χ0n) is 9.54. The minimum absolute atomic E-state index is 0.0993. The first-order valence-corrected chi connectivity index (χ1v) is 6.02. The fourth-order valence-corrected chi connectivity index (χ4v) is 1.61. The van der Waals surface area contributed by atoms with Gasteiger partial charge in [-0.05, 0) is 24.6 Å². The third kappa shape index (κ3) is 3.28. The van der Waals surface area contributed by atoms with Crippen LogP contribution in [-0.2, 0) is 19.3 Å². The molecule has 0 radical (unpaired) electrons. The quantitative estimate of drug-likeness (QED) is 0.639. The van der Waals surface area contributed by atoms with E-state index in [9.17, 15) is 18.0 Å². The fraction of sp³-hybridized carbons (Fsp3) is 0.200. The molecular weight excluding hydrogens is 264 g/mol. The van der Waals surface area contributed by atoms with Gasteiger partial charge in [0.25, 0.3) is 0 Å². The molecule has 7 nitrogen and oxygen atoms in total. The van der Waals surface area contributed by atoms with E-state index in [-0.39, 0.29) is 16.7 Å². The predicted molar refractivity (Wildman–Crippen MR) is 59.5 cm³/mol. The number of carbonyl (C=O) groups excluding carboxylic acids is 2. The van der Waals surface area contributed by atoms with Crippen LogP contribution in [0.2, 0.25) is 0 Å². The molecule has 0 aromatic heterocycles. The fourth-order valence-electron chi connectivity index (χ4n) is 1.33. The van der Waals surface area contributed by atoms with E-state index in [1.807, 2.05) is 0 Å². The number of benzene rings is 1. The van der Waals surface area contributed by atoms with Gasteiger partial charge >= 0.3 is 22.3 Å². The molecule has 0 heterocycles. The second-order valence-corrected chi connectivity index (χ2v) is 4.29. The molecular formula is C10H10O7S. The van der Waals surface area contributed by atoms with E-state index >= 15 is 0 Å². The monoisotopic (exact) mass is 274 g/mol. The molecule has 0 amide bonds. The summed E-state index contributed by atoms with van der Waals surface area (Å²) in [5, 5.41) is 0. The first-order valence-electron chi connectivity index (χ1n) is 4.65. The second kappa shape index (κ2) is 5.15. The van der Waals surface area contributed by atoms with Gasteiger partial charge in [0, 0.05) is 0 Å². The van der Waals surface area contributed by atoms with Crippen LogP contribution >= 0.6 is 0 Å². The van der Waals surface area contributed by atoms with Crippen LogP contribution in [0.5, 0.6) is 0 Å². The highest BCUT2D eigenvalue weighted by atomic mass is 32.3. The highest BCUT2D eigenvalue weighted by Crippen LogP contribution is 2.16. The Morgan fingerprint density at radius 1 is 1.17 bits per heavy atom. The Labute approximate surface area is 103 Å². The molecule has 1 aromatic carbocycles. The Balaban J connectivity index is 3.19. The number of ether oxygens (including phenoxy) is 1. The number of rotatable bonds is 3. The minimum atomic E-state index is -4.89. The largest absolute Gasteiger partial charge is 0.465 e. The summed E-state index contributed by atoms with van der Waals surface area (Å²) in [5.74, 6) is -1.95. The van der Waals surface area contributed by atoms with Crippen molar-refractivity contribution >= 4 is 22.3 Å². The first kappa shape index (κ1) is 14.1. The van der Waals surface area contributed by atoms with Crippen LogP contribution in [0.4, 0.5) is 0 Å².